The molecular weight excluding hydrogens is 924 g/mol. The molecule has 4 saturated heterocycles. The minimum Gasteiger partial charge on any atom is -0.489 e. The van der Waals surface area contributed by atoms with Crippen LogP contribution >= 0.6 is 35.0 Å². The molecule has 5 fully saturated rings. The van der Waals surface area contributed by atoms with E-state index in [4.69, 9.17) is 46.9 Å². The van der Waals surface area contributed by atoms with Crippen molar-refractivity contribution in [2.75, 3.05) is 38.5 Å². The van der Waals surface area contributed by atoms with Gasteiger partial charge in [0.25, 0.3) is 5.91 Å². The maximum atomic E-state index is 14.2. The first-order valence-electron chi connectivity index (χ1n) is 22.5. The molecule has 1 saturated carbocycles. The summed E-state index contributed by atoms with van der Waals surface area (Å²) in [5.41, 5.74) is 3.62. The van der Waals surface area contributed by atoms with Crippen molar-refractivity contribution in [2.24, 2.45) is 11.8 Å². The topological polar surface area (TPSA) is 116 Å². The molecule has 4 aromatic carbocycles. The summed E-state index contributed by atoms with van der Waals surface area (Å²) in [5, 5.41) is 2.59. The summed E-state index contributed by atoms with van der Waals surface area (Å²) in [5.74, 6) is 0.617. The average molecular weight is 977 g/mol. The number of nitrogens with one attached hydrogen (secondary N) is 1. The molecule has 0 spiro atoms. The van der Waals surface area contributed by atoms with E-state index in [9.17, 15) is 23.2 Å². The molecule has 9 rings (SSSR count). The molecule has 0 unspecified atom stereocenters. The molecule has 16 heteroatoms. The quantitative estimate of drug-likeness (QED) is 0.0719. The van der Waals surface area contributed by atoms with Crippen LogP contribution in [0.25, 0.3) is 0 Å². The number of thioether (sulfide) groups is 1. The third-order valence-corrected chi connectivity index (χ3v) is 14.1. The van der Waals surface area contributed by atoms with Gasteiger partial charge in [-0.2, -0.15) is 8.78 Å². The highest BCUT2D eigenvalue weighted by molar-refractivity contribution is 8.00. The third kappa shape index (κ3) is 12.6. The summed E-state index contributed by atoms with van der Waals surface area (Å²) in [4.78, 5) is 45.5. The number of nitrogens with zero attached hydrogens (tertiary/aromatic N) is 2. The first kappa shape index (κ1) is 48.2. The lowest BCUT2D eigenvalue weighted by atomic mass is 9.86. The molecule has 4 aromatic rings. The number of carbonyl (C=O) groups is 3. The number of halogens is 4. The van der Waals surface area contributed by atoms with Gasteiger partial charge >= 0.3 is 18.7 Å². The van der Waals surface area contributed by atoms with E-state index in [1.807, 2.05) is 60.7 Å². The van der Waals surface area contributed by atoms with Gasteiger partial charge in [0.15, 0.2) is 16.9 Å². The summed E-state index contributed by atoms with van der Waals surface area (Å²) >= 11 is 14.0. The van der Waals surface area contributed by atoms with Crippen molar-refractivity contribution in [3.63, 3.8) is 0 Å². The third-order valence-electron chi connectivity index (χ3n) is 12.5. The second kappa shape index (κ2) is 22.2. The van der Waals surface area contributed by atoms with Crippen LogP contribution in [0.2, 0.25) is 0 Å². The SMILES string of the molecule is C=C(Cl)/C(C[C@H](OC(=O)[C@@H]1SCCN1C(=O)c1cccc(COc2cccc([C@@H](NC(=O)O[C@H]3CN4CCC3CC4)c3ccccc3)c2)c1)c1ccc(OC(F)F)c(OCC2CC2)c1)=C(\C)Cl. The van der Waals surface area contributed by atoms with Crippen LogP contribution in [0.3, 0.4) is 0 Å². The Hall–Kier alpha value is -5.28. The van der Waals surface area contributed by atoms with Crippen molar-refractivity contribution in [3.8, 4) is 17.2 Å². The Morgan fingerprint density at radius 3 is 2.31 bits per heavy atom. The Balaban J connectivity index is 0.943. The van der Waals surface area contributed by atoms with Gasteiger partial charge in [-0.05, 0) is 122 Å². The zero-order chi connectivity index (χ0) is 47.0. The predicted molar refractivity (Wildman–Crippen MR) is 254 cm³/mol. The van der Waals surface area contributed by atoms with Crippen molar-refractivity contribution in [1.82, 2.24) is 15.1 Å². The smallest absolute Gasteiger partial charge is 0.408 e. The van der Waals surface area contributed by atoms with Crippen LogP contribution in [-0.2, 0) is 20.9 Å². The Bertz CT molecular complexity index is 2450. The molecule has 1 N–H and O–H groups in total. The van der Waals surface area contributed by atoms with Gasteiger partial charge in [0.1, 0.15) is 24.6 Å². The van der Waals surface area contributed by atoms with Gasteiger partial charge in [-0.15, -0.1) is 11.8 Å². The number of ether oxygens (including phenoxy) is 5. The lowest BCUT2D eigenvalue weighted by molar-refractivity contribution is -0.151. The number of allylic oxidation sites excluding steroid dienone is 2. The second-order valence-electron chi connectivity index (χ2n) is 17.2. The van der Waals surface area contributed by atoms with Crippen molar-refractivity contribution in [2.45, 2.75) is 75.9 Å². The van der Waals surface area contributed by atoms with E-state index in [2.05, 4.69) is 16.8 Å². The van der Waals surface area contributed by atoms with E-state index in [0.29, 0.717) is 51.7 Å². The highest BCUT2D eigenvalue weighted by Crippen LogP contribution is 2.40. The van der Waals surface area contributed by atoms with Gasteiger partial charge in [0, 0.05) is 40.9 Å². The number of alkyl carbamates (subject to hydrolysis) is 1. The lowest BCUT2D eigenvalue weighted by Crippen LogP contribution is -2.52. The largest absolute Gasteiger partial charge is 0.489 e. The summed E-state index contributed by atoms with van der Waals surface area (Å²) in [7, 11) is 0. The summed E-state index contributed by atoms with van der Waals surface area (Å²) < 4.78 is 55.8. The van der Waals surface area contributed by atoms with Crippen molar-refractivity contribution in [1.29, 1.82) is 0 Å². The van der Waals surface area contributed by atoms with Crippen molar-refractivity contribution >= 4 is 52.9 Å². The highest BCUT2D eigenvalue weighted by Gasteiger charge is 2.39. The highest BCUT2D eigenvalue weighted by atomic mass is 35.5. The Kier molecular flexibility index (Phi) is 16.0. The van der Waals surface area contributed by atoms with E-state index in [1.54, 1.807) is 25.1 Å². The standard InChI is InChI=1S/C51H53Cl2F2N3O8S/c1-31(52)41(32(2)53)27-43(37-16-17-42(65-50(54)55)44(26-37)63-29-33-14-15-33)64-49(60)48-58(22-23-67-48)47(59)39-12-6-8-34(24-39)30-62-40-13-7-11-38(25-40)46(36-9-4-3-5-10-36)56-51(61)66-45-28-57-20-18-35(45)19-21-57/h3-13,16-17,24-26,33,35,43,45-46,48,50H,1,14-15,18-23,27-30H2,2H3,(H,56,61)/b41-32+/t43-,45-,46-,48-/m0/s1. The predicted octanol–water partition coefficient (Wildman–Crippen LogP) is 11.0. The molecule has 0 aromatic heterocycles. The molecule has 354 valence electrons. The molecule has 11 nitrogen and oxygen atoms in total. The first-order chi connectivity index (χ1) is 32.4. The number of hydrogen-bond acceptors (Lipinski definition) is 10. The summed E-state index contributed by atoms with van der Waals surface area (Å²) in [6, 6.07) is 28.1. The maximum absolute atomic E-state index is 14.2. The molecule has 2 bridgehead atoms. The fourth-order valence-corrected chi connectivity index (χ4v) is 10.3. The minimum atomic E-state index is -3.08. The number of esters is 1. The molecule has 4 atom stereocenters. The van der Waals surface area contributed by atoms with Crippen LogP contribution in [0.15, 0.2) is 119 Å². The van der Waals surface area contributed by atoms with Crippen LogP contribution in [0, 0.1) is 11.8 Å². The molecule has 1 aliphatic carbocycles. The van der Waals surface area contributed by atoms with Gasteiger partial charge in [0.2, 0.25) is 0 Å². The van der Waals surface area contributed by atoms with Gasteiger partial charge in [-0.3, -0.25) is 9.69 Å². The number of benzene rings is 4. The van der Waals surface area contributed by atoms with Crippen LogP contribution in [0.4, 0.5) is 13.6 Å². The summed E-state index contributed by atoms with van der Waals surface area (Å²) in [6.45, 7) is 5.98. The summed E-state index contributed by atoms with van der Waals surface area (Å²) in [6.07, 6.45) is 2.41. The Labute approximate surface area is 403 Å². The van der Waals surface area contributed by atoms with E-state index in [1.165, 1.54) is 34.9 Å². The van der Waals surface area contributed by atoms with E-state index in [0.717, 1.165) is 62.0 Å². The minimum absolute atomic E-state index is 0.00648. The van der Waals surface area contributed by atoms with E-state index in [-0.39, 0.29) is 48.1 Å². The fourth-order valence-electron chi connectivity index (χ4n) is 8.69. The van der Waals surface area contributed by atoms with E-state index < -0.39 is 36.2 Å². The molecule has 67 heavy (non-hydrogen) atoms. The van der Waals surface area contributed by atoms with Crippen molar-refractivity contribution < 1.29 is 46.8 Å². The molecule has 4 heterocycles. The monoisotopic (exact) mass is 975 g/mol. The van der Waals surface area contributed by atoms with Gasteiger partial charge in [0.05, 0.1) is 12.6 Å². The zero-order valence-corrected chi connectivity index (χ0v) is 39.4. The van der Waals surface area contributed by atoms with E-state index >= 15 is 0 Å². The average Bonchev–Trinajstić information content (AvgIpc) is 4.03. The first-order valence-corrected chi connectivity index (χ1v) is 24.3. The Morgan fingerprint density at radius 2 is 1.61 bits per heavy atom. The molecule has 2 amide bonds. The van der Waals surface area contributed by atoms with Gasteiger partial charge < -0.3 is 33.9 Å². The van der Waals surface area contributed by atoms with Crippen LogP contribution < -0.4 is 19.5 Å². The number of alkyl halides is 2. The number of carbonyl (C=O) groups excluding carboxylic acids is 3. The molecule has 5 aliphatic rings. The second-order valence-corrected chi connectivity index (χ2v) is 19.4. The number of rotatable bonds is 19. The maximum Gasteiger partial charge on any atom is 0.408 e. The van der Waals surface area contributed by atoms with Crippen LogP contribution in [0.5, 0.6) is 17.2 Å². The number of hydrogen-bond donors (Lipinski definition) is 1. The van der Waals surface area contributed by atoms with Crippen molar-refractivity contribution in [3.05, 3.63) is 147 Å². The normalized spacial score (nSPS) is 21.2. The molecular formula is C51H53Cl2F2N3O8S. The van der Waals surface area contributed by atoms with Crippen LogP contribution in [0.1, 0.15) is 83.8 Å². The Morgan fingerprint density at radius 1 is 0.851 bits per heavy atom. The number of fused-ring (bicyclic) bond motifs is 3. The zero-order valence-electron chi connectivity index (χ0n) is 37.1. The van der Waals surface area contributed by atoms with Crippen LogP contribution in [-0.4, -0.2) is 84.4 Å². The number of amides is 2. The number of piperidine rings is 3. The molecule has 0 radical (unpaired) electrons. The fraction of sp³-hybridized carbons (Fsp3) is 0.392. The molecule has 4 aliphatic heterocycles. The van der Waals surface area contributed by atoms with Gasteiger partial charge in [-0.25, -0.2) is 9.59 Å². The lowest BCUT2D eigenvalue weighted by Gasteiger charge is -2.43. The van der Waals surface area contributed by atoms with Gasteiger partial charge in [-0.1, -0.05) is 90.4 Å².